The molecule has 0 saturated heterocycles. The molecule has 18 heavy (non-hydrogen) atoms. The zero-order valence-electron chi connectivity index (χ0n) is 11.4. The summed E-state index contributed by atoms with van der Waals surface area (Å²) in [6.45, 7) is 6.36. The van der Waals surface area contributed by atoms with E-state index in [-0.39, 0.29) is 12.3 Å². The number of carboxylic acid groups (broad SMARTS) is 1. The SMILES string of the molecule is CCc1nn(C(C)C)c2c1C(CC(=O)O)CCC2. The van der Waals surface area contributed by atoms with E-state index in [0.717, 1.165) is 31.4 Å². The van der Waals surface area contributed by atoms with Gasteiger partial charge in [0.05, 0.1) is 12.1 Å². The average Bonchev–Trinajstić information content (AvgIpc) is 2.68. The molecule has 1 aromatic rings. The number of aryl methyl sites for hydroxylation is 1. The first-order chi connectivity index (χ1) is 8.54. The lowest BCUT2D eigenvalue weighted by Gasteiger charge is -2.23. The average molecular weight is 250 g/mol. The molecule has 0 aromatic carbocycles. The summed E-state index contributed by atoms with van der Waals surface area (Å²) >= 11 is 0. The first-order valence-electron chi connectivity index (χ1n) is 6.86. The fourth-order valence-electron chi connectivity index (χ4n) is 3.02. The zero-order valence-corrected chi connectivity index (χ0v) is 11.4. The topological polar surface area (TPSA) is 55.1 Å². The van der Waals surface area contributed by atoms with Crippen LogP contribution in [0.3, 0.4) is 0 Å². The first-order valence-corrected chi connectivity index (χ1v) is 6.86. The Hall–Kier alpha value is -1.32. The molecule has 1 unspecified atom stereocenters. The van der Waals surface area contributed by atoms with E-state index in [1.165, 1.54) is 11.3 Å². The van der Waals surface area contributed by atoms with Crippen molar-refractivity contribution in [3.8, 4) is 0 Å². The lowest BCUT2D eigenvalue weighted by molar-refractivity contribution is -0.137. The number of carbonyl (C=O) groups is 1. The maximum absolute atomic E-state index is 11.0. The van der Waals surface area contributed by atoms with Gasteiger partial charge in [0.2, 0.25) is 0 Å². The van der Waals surface area contributed by atoms with Crippen molar-refractivity contribution < 1.29 is 9.90 Å². The van der Waals surface area contributed by atoms with Crippen molar-refractivity contribution in [3.63, 3.8) is 0 Å². The van der Waals surface area contributed by atoms with Gasteiger partial charge >= 0.3 is 5.97 Å². The van der Waals surface area contributed by atoms with Crippen LogP contribution in [0, 0.1) is 0 Å². The number of hydrogen-bond donors (Lipinski definition) is 1. The van der Waals surface area contributed by atoms with Crippen LogP contribution in [0.25, 0.3) is 0 Å². The Kier molecular flexibility index (Phi) is 3.73. The summed E-state index contributed by atoms with van der Waals surface area (Å²) in [4.78, 5) is 11.0. The third-order valence-corrected chi connectivity index (χ3v) is 3.75. The van der Waals surface area contributed by atoms with E-state index in [4.69, 9.17) is 10.2 Å². The number of hydrogen-bond acceptors (Lipinski definition) is 2. The second-order valence-corrected chi connectivity index (χ2v) is 5.39. The second kappa shape index (κ2) is 5.12. The van der Waals surface area contributed by atoms with E-state index in [1.807, 2.05) is 0 Å². The maximum atomic E-state index is 11.0. The van der Waals surface area contributed by atoms with Crippen LogP contribution in [-0.2, 0) is 17.6 Å². The lowest BCUT2D eigenvalue weighted by Crippen LogP contribution is -2.16. The van der Waals surface area contributed by atoms with Crippen molar-refractivity contribution in [3.05, 3.63) is 17.0 Å². The van der Waals surface area contributed by atoms with Crippen molar-refractivity contribution in [1.29, 1.82) is 0 Å². The Morgan fingerprint density at radius 2 is 2.28 bits per heavy atom. The van der Waals surface area contributed by atoms with E-state index in [2.05, 4.69) is 25.5 Å². The number of fused-ring (bicyclic) bond motifs is 1. The molecule has 0 amide bonds. The Morgan fingerprint density at radius 3 is 2.83 bits per heavy atom. The number of aromatic nitrogens is 2. The third-order valence-electron chi connectivity index (χ3n) is 3.75. The summed E-state index contributed by atoms with van der Waals surface area (Å²) in [6.07, 6.45) is 4.22. The fraction of sp³-hybridized carbons (Fsp3) is 0.714. The Labute approximate surface area is 108 Å². The number of nitrogens with zero attached hydrogens (tertiary/aromatic N) is 2. The highest BCUT2D eigenvalue weighted by Gasteiger charge is 2.29. The largest absolute Gasteiger partial charge is 0.481 e. The molecule has 1 aliphatic carbocycles. The molecule has 0 fully saturated rings. The fourth-order valence-corrected chi connectivity index (χ4v) is 3.02. The van der Waals surface area contributed by atoms with E-state index in [1.54, 1.807) is 0 Å². The van der Waals surface area contributed by atoms with E-state index in [0.29, 0.717) is 6.04 Å². The van der Waals surface area contributed by atoms with Crippen LogP contribution < -0.4 is 0 Å². The minimum atomic E-state index is -0.702. The summed E-state index contributed by atoms with van der Waals surface area (Å²) in [6, 6.07) is 0.350. The van der Waals surface area contributed by atoms with Gasteiger partial charge in [-0.15, -0.1) is 0 Å². The molecule has 1 heterocycles. The highest BCUT2D eigenvalue weighted by atomic mass is 16.4. The van der Waals surface area contributed by atoms with Gasteiger partial charge in [-0.3, -0.25) is 9.48 Å². The van der Waals surface area contributed by atoms with Gasteiger partial charge in [-0.1, -0.05) is 6.92 Å². The number of rotatable bonds is 4. The first kappa shape index (κ1) is 13.1. The van der Waals surface area contributed by atoms with Gasteiger partial charge < -0.3 is 5.11 Å². The Bertz CT molecular complexity index is 449. The standard InChI is InChI=1S/C14H22N2O2/c1-4-11-14-10(8-13(17)18)6-5-7-12(14)16(15-11)9(2)3/h9-10H,4-8H2,1-3H3,(H,17,18). The van der Waals surface area contributed by atoms with Crippen molar-refractivity contribution >= 4 is 5.97 Å². The summed E-state index contributed by atoms with van der Waals surface area (Å²) in [5, 5.41) is 13.7. The Morgan fingerprint density at radius 1 is 1.56 bits per heavy atom. The van der Waals surface area contributed by atoms with Crippen LogP contribution in [0.1, 0.15) is 68.9 Å². The van der Waals surface area contributed by atoms with Crippen LogP contribution >= 0.6 is 0 Å². The molecule has 0 spiro atoms. The Balaban J connectivity index is 2.44. The summed E-state index contributed by atoms with van der Waals surface area (Å²) < 4.78 is 2.10. The van der Waals surface area contributed by atoms with Gasteiger partial charge in [0.1, 0.15) is 0 Å². The second-order valence-electron chi connectivity index (χ2n) is 5.39. The van der Waals surface area contributed by atoms with E-state index >= 15 is 0 Å². The predicted molar refractivity (Wildman–Crippen MR) is 69.9 cm³/mol. The normalized spacial score (nSPS) is 19.0. The third kappa shape index (κ3) is 2.28. The molecule has 4 nitrogen and oxygen atoms in total. The quantitative estimate of drug-likeness (QED) is 0.894. The lowest BCUT2D eigenvalue weighted by atomic mass is 9.82. The van der Waals surface area contributed by atoms with Crippen LogP contribution in [0.5, 0.6) is 0 Å². The van der Waals surface area contributed by atoms with Crippen molar-refractivity contribution in [1.82, 2.24) is 9.78 Å². The summed E-state index contributed by atoms with van der Waals surface area (Å²) in [5.41, 5.74) is 3.61. The van der Waals surface area contributed by atoms with Gasteiger partial charge in [-0.2, -0.15) is 5.10 Å². The molecule has 1 aliphatic rings. The molecule has 1 N–H and O–H groups in total. The summed E-state index contributed by atoms with van der Waals surface area (Å²) in [5.74, 6) is -0.541. The molecule has 4 heteroatoms. The minimum absolute atomic E-state index is 0.161. The van der Waals surface area contributed by atoms with Crippen molar-refractivity contribution in [2.24, 2.45) is 0 Å². The smallest absolute Gasteiger partial charge is 0.303 e. The van der Waals surface area contributed by atoms with Gasteiger partial charge in [-0.05, 0) is 45.4 Å². The van der Waals surface area contributed by atoms with Crippen LogP contribution in [0.2, 0.25) is 0 Å². The molecule has 2 rings (SSSR count). The molecule has 0 saturated carbocycles. The van der Waals surface area contributed by atoms with Gasteiger partial charge in [0.25, 0.3) is 0 Å². The molecule has 100 valence electrons. The van der Waals surface area contributed by atoms with Crippen molar-refractivity contribution in [2.45, 2.75) is 64.8 Å². The molecule has 0 radical (unpaired) electrons. The number of aliphatic carboxylic acids is 1. The van der Waals surface area contributed by atoms with E-state index < -0.39 is 5.97 Å². The van der Waals surface area contributed by atoms with Crippen LogP contribution in [0.4, 0.5) is 0 Å². The molecule has 1 atom stereocenters. The maximum Gasteiger partial charge on any atom is 0.303 e. The van der Waals surface area contributed by atoms with Crippen LogP contribution in [-0.4, -0.2) is 20.9 Å². The highest BCUT2D eigenvalue weighted by Crippen LogP contribution is 2.37. The van der Waals surface area contributed by atoms with Crippen LogP contribution in [0.15, 0.2) is 0 Å². The van der Waals surface area contributed by atoms with Crippen molar-refractivity contribution in [2.75, 3.05) is 0 Å². The molecular formula is C14H22N2O2. The van der Waals surface area contributed by atoms with Gasteiger partial charge in [0.15, 0.2) is 0 Å². The number of carboxylic acids is 1. The van der Waals surface area contributed by atoms with E-state index in [9.17, 15) is 4.79 Å². The predicted octanol–water partition coefficient (Wildman–Crippen LogP) is 2.92. The monoisotopic (exact) mass is 250 g/mol. The molecule has 1 aromatic heterocycles. The molecule has 0 aliphatic heterocycles. The summed E-state index contributed by atoms with van der Waals surface area (Å²) in [7, 11) is 0. The van der Waals surface area contributed by atoms with Gasteiger partial charge in [0, 0.05) is 17.3 Å². The minimum Gasteiger partial charge on any atom is -0.481 e. The highest BCUT2D eigenvalue weighted by molar-refractivity contribution is 5.68. The zero-order chi connectivity index (χ0) is 13.3. The van der Waals surface area contributed by atoms with Gasteiger partial charge in [-0.25, -0.2) is 0 Å². The molecule has 0 bridgehead atoms. The molecular weight excluding hydrogens is 228 g/mol.